The van der Waals surface area contributed by atoms with Crippen molar-refractivity contribution in [3.05, 3.63) is 0 Å². The van der Waals surface area contributed by atoms with E-state index in [0.29, 0.717) is 5.41 Å². The van der Waals surface area contributed by atoms with Crippen molar-refractivity contribution in [2.75, 3.05) is 0 Å². The maximum absolute atomic E-state index is 11.7. The van der Waals surface area contributed by atoms with Crippen LogP contribution in [0.5, 0.6) is 0 Å². The molecule has 4 aliphatic carbocycles. The van der Waals surface area contributed by atoms with Crippen LogP contribution >= 0.6 is 0 Å². The van der Waals surface area contributed by atoms with Crippen LogP contribution in [0.25, 0.3) is 0 Å². The molecule has 130 valence electrons. The fourth-order valence-electron chi connectivity index (χ4n) is 7.67. The number of rotatable bonds is 1. The van der Waals surface area contributed by atoms with Crippen molar-refractivity contribution >= 4 is 5.97 Å². The monoisotopic (exact) mass is 318 g/mol. The maximum Gasteiger partial charge on any atom is 0.302 e. The Morgan fingerprint density at radius 3 is 2.52 bits per heavy atom. The average molecular weight is 319 g/mol. The molecule has 4 rings (SSSR count). The third kappa shape index (κ3) is 2.30. The molecule has 0 amide bonds. The van der Waals surface area contributed by atoms with Gasteiger partial charge in [0, 0.05) is 12.3 Å². The van der Waals surface area contributed by atoms with Crippen molar-refractivity contribution in [3.8, 4) is 0 Å². The zero-order valence-corrected chi connectivity index (χ0v) is 15.3. The highest BCUT2D eigenvalue weighted by atomic mass is 16.5. The molecule has 0 radical (unpaired) electrons. The van der Waals surface area contributed by atoms with Crippen LogP contribution in [0.15, 0.2) is 0 Å². The normalized spacial score (nSPS) is 52.2. The van der Waals surface area contributed by atoms with E-state index in [9.17, 15) is 4.79 Å². The number of fused-ring (bicyclic) bond motifs is 5. The second-order valence-electron chi connectivity index (χ2n) is 9.63. The van der Waals surface area contributed by atoms with Crippen LogP contribution in [0.2, 0.25) is 0 Å². The summed E-state index contributed by atoms with van der Waals surface area (Å²) in [6.45, 7) is 6.67. The zero-order valence-electron chi connectivity index (χ0n) is 15.3. The van der Waals surface area contributed by atoms with E-state index in [2.05, 4.69) is 13.8 Å². The summed E-state index contributed by atoms with van der Waals surface area (Å²) in [7, 11) is 0. The number of hydrogen-bond acceptors (Lipinski definition) is 2. The van der Waals surface area contributed by atoms with Crippen molar-refractivity contribution in [2.45, 2.75) is 91.1 Å². The first kappa shape index (κ1) is 16.0. The van der Waals surface area contributed by atoms with Crippen LogP contribution in [0.3, 0.4) is 0 Å². The van der Waals surface area contributed by atoms with E-state index < -0.39 is 0 Å². The predicted octanol–water partition coefficient (Wildman–Crippen LogP) is 5.35. The Hall–Kier alpha value is -0.530. The molecule has 0 aliphatic heterocycles. The average Bonchev–Trinajstić information content (AvgIpc) is 2.89. The molecule has 0 N–H and O–H groups in total. The summed E-state index contributed by atoms with van der Waals surface area (Å²) in [5, 5.41) is 0. The Morgan fingerprint density at radius 1 is 0.913 bits per heavy atom. The van der Waals surface area contributed by atoms with Gasteiger partial charge in [-0.25, -0.2) is 0 Å². The highest BCUT2D eigenvalue weighted by Gasteiger charge is 2.60. The summed E-state index contributed by atoms with van der Waals surface area (Å²) >= 11 is 0. The topological polar surface area (TPSA) is 26.3 Å². The third-order valence-electron chi connectivity index (χ3n) is 8.77. The van der Waals surface area contributed by atoms with Gasteiger partial charge in [-0.05, 0) is 86.9 Å². The molecule has 0 unspecified atom stereocenters. The van der Waals surface area contributed by atoms with Gasteiger partial charge >= 0.3 is 5.97 Å². The molecule has 7 atom stereocenters. The zero-order chi connectivity index (χ0) is 16.2. The van der Waals surface area contributed by atoms with Crippen molar-refractivity contribution in [1.82, 2.24) is 0 Å². The minimum atomic E-state index is -0.0690. The van der Waals surface area contributed by atoms with Gasteiger partial charge in [-0.1, -0.05) is 20.3 Å². The van der Waals surface area contributed by atoms with Crippen LogP contribution in [0, 0.1) is 34.5 Å². The van der Waals surface area contributed by atoms with Gasteiger partial charge in [0.05, 0.1) is 0 Å². The smallest absolute Gasteiger partial charge is 0.302 e. The lowest BCUT2D eigenvalue weighted by Crippen LogP contribution is -2.57. The third-order valence-corrected chi connectivity index (χ3v) is 8.77. The van der Waals surface area contributed by atoms with Crippen molar-refractivity contribution in [1.29, 1.82) is 0 Å². The van der Waals surface area contributed by atoms with Crippen LogP contribution in [0.1, 0.15) is 85.0 Å². The lowest BCUT2D eigenvalue weighted by molar-refractivity contribution is -0.188. The fourth-order valence-corrected chi connectivity index (χ4v) is 7.67. The van der Waals surface area contributed by atoms with E-state index in [0.717, 1.165) is 30.1 Å². The predicted molar refractivity (Wildman–Crippen MR) is 91.9 cm³/mol. The van der Waals surface area contributed by atoms with E-state index in [4.69, 9.17) is 4.74 Å². The van der Waals surface area contributed by atoms with Crippen LogP contribution in [0.4, 0.5) is 0 Å². The molecule has 23 heavy (non-hydrogen) atoms. The fraction of sp³-hybridized carbons (Fsp3) is 0.952. The molecule has 0 aromatic rings. The van der Waals surface area contributed by atoms with Crippen molar-refractivity contribution in [2.24, 2.45) is 34.5 Å². The van der Waals surface area contributed by atoms with Crippen molar-refractivity contribution in [3.63, 3.8) is 0 Å². The van der Waals surface area contributed by atoms with Gasteiger partial charge in [0.15, 0.2) is 0 Å². The van der Waals surface area contributed by atoms with E-state index in [-0.39, 0.29) is 17.5 Å². The van der Waals surface area contributed by atoms with E-state index >= 15 is 0 Å². The summed E-state index contributed by atoms with van der Waals surface area (Å²) in [6.07, 6.45) is 13.8. The van der Waals surface area contributed by atoms with Gasteiger partial charge in [0.25, 0.3) is 0 Å². The van der Waals surface area contributed by atoms with Gasteiger partial charge in [0.1, 0.15) is 6.10 Å². The Kier molecular flexibility index (Phi) is 3.81. The van der Waals surface area contributed by atoms with Gasteiger partial charge in [-0.2, -0.15) is 0 Å². The van der Waals surface area contributed by atoms with Crippen molar-refractivity contribution < 1.29 is 9.53 Å². The first-order valence-electron chi connectivity index (χ1n) is 10.1. The molecule has 0 heterocycles. The second kappa shape index (κ2) is 5.49. The number of carbonyl (C=O) groups is 1. The molecule has 4 aliphatic rings. The number of esters is 1. The van der Waals surface area contributed by atoms with Crippen LogP contribution < -0.4 is 0 Å². The molecule has 0 saturated heterocycles. The molecular formula is C21H34O2. The van der Waals surface area contributed by atoms with Gasteiger partial charge in [0.2, 0.25) is 0 Å². The lowest BCUT2D eigenvalue weighted by atomic mass is 9.44. The van der Waals surface area contributed by atoms with Crippen LogP contribution in [-0.2, 0) is 9.53 Å². The summed E-state index contributed by atoms with van der Waals surface area (Å²) in [4.78, 5) is 11.7. The SMILES string of the molecule is CC(=O)O[C@H]1CCC[C@@H]2CC[C@H]3[C@@H](CC[C@@]4(C)CCC[C@@H]34)[C@]21C. The molecular weight excluding hydrogens is 284 g/mol. The van der Waals surface area contributed by atoms with E-state index in [1.807, 2.05) is 0 Å². The molecule has 0 spiro atoms. The van der Waals surface area contributed by atoms with Gasteiger partial charge < -0.3 is 4.74 Å². The Labute approximate surface area is 141 Å². The summed E-state index contributed by atoms with van der Waals surface area (Å²) in [6, 6.07) is 0. The minimum absolute atomic E-state index is 0.0690. The Morgan fingerprint density at radius 2 is 1.74 bits per heavy atom. The largest absolute Gasteiger partial charge is 0.462 e. The van der Waals surface area contributed by atoms with Crippen LogP contribution in [-0.4, -0.2) is 12.1 Å². The molecule has 0 aromatic heterocycles. The minimum Gasteiger partial charge on any atom is -0.462 e. The first-order chi connectivity index (χ1) is 10.9. The molecule has 2 heteroatoms. The first-order valence-corrected chi connectivity index (χ1v) is 10.1. The maximum atomic E-state index is 11.7. The lowest BCUT2D eigenvalue weighted by Gasteiger charge is -2.61. The number of ether oxygens (including phenoxy) is 1. The molecule has 2 nitrogen and oxygen atoms in total. The number of hydrogen-bond donors (Lipinski definition) is 0. The molecule has 4 saturated carbocycles. The van der Waals surface area contributed by atoms with E-state index in [1.165, 1.54) is 57.8 Å². The standard InChI is InChI=1S/C21H34O2/c1-14(22)23-19-8-4-6-15-9-10-16-17-7-5-12-20(17,2)13-11-18(16)21(15,19)3/h15-19H,4-13H2,1-3H3/t15-,16-,17+,18-,19+,20-,21+/m1/s1. The Bertz CT molecular complexity index is 486. The molecule has 0 aromatic carbocycles. The summed E-state index contributed by atoms with van der Waals surface area (Å²) in [5.74, 6) is 3.35. The highest BCUT2D eigenvalue weighted by molar-refractivity contribution is 5.66. The summed E-state index contributed by atoms with van der Waals surface area (Å²) < 4.78 is 5.91. The quantitative estimate of drug-likeness (QED) is 0.609. The highest BCUT2D eigenvalue weighted by Crippen LogP contribution is 2.66. The van der Waals surface area contributed by atoms with Gasteiger partial charge in [-0.15, -0.1) is 0 Å². The molecule has 0 bridgehead atoms. The van der Waals surface area contributed by atoms with Gasteiger partial charge in [-0.3, -0.25) is 4.79 Å². The number of carbonyl (C=O) groups excluding carboxylic acids is 1. The summed E-state index contributed by atoms with van der Waals surface area (Å²) in [5.41, 5.74) is 0.868. The molecule has 4 fully saturated rings. The van der Waals surface area contributed by atoms with E-state index in [1.54, 1.807) is 6.92 Å². The second-order valence-corrected chi connectivity index (χ2v) is 9.63. The Balaban J connectivity index is 1.66.